The summed E-state index contributed by atoms with van der Waals surface area (Å²) >= 11 is 0. The van der Waals surface area contributed by atoms with Crippen LogP contribution in [0.25, 0.3) is 0 Å². The Kier molecular flexibility index (Phi) is 9.02. The van der Waals surface area contributed by atoms with E-state index in [-0.39, 0.29) is 37.4 Å². The summed E-state index contributed by atoms with van der Waals surface area (Å²) in [7, 11) is 0. The number of piperidine rings is 1. The molecule has 2 aliphatic heterocycles. The van der Waals surface area contributed by atoms with Gasteiger partial charge in [0.25, 0.3) is 0 Å². The monoisotopic (exact) mass is 564 g/mol. The third-order valence-corrected chi connectivity index (χ3v) is 8.93. The number of likely N-dealkylation sites (tertiary alicyclic amines) is 1. The van der Waals surface area contributed by atoms with E-state index in [2.05, 4.69) is 34.9 Å². The molecule has 40 heavy (non-hydrogen) atoms. The predicted octanol–water partition coefficient (Wildman–Crippen LogP) is 5.08. The number of amides is 1. The van der Waals surface area contributed by atoms with E-state index in [0.717, 1.165) is 49.5 Å². The Hall–Kier alpha value is -2.62. The van der Waals surface area contributed by atoms with Crippen molar-refractivity contribution in [1.29, 1.82) is 0 Å². The largest absolute Gasteiger partial charge is 0.493 e. The van der Waals surface area contributed by atoms with Gasteiger partial charge in [-0.3, -0.25) is 4.79 Å². The Morgan fingerprint density at radius 3 is 2.75 bits per heavy atom. The summed E-state index contributed by atoms with van der Waals surface area (Å²) in [6, 6.07) is 3.97. The number of nitrogens with zero attached hydrogens (tertiary/aromatic N) is 1. The van der Waals surface area contributed by atoms with Crippen LogP contribution in [0.3, 0.4) is 0 Å². The Morgan fingerprint density at radius 2 is 2.05 bits per heavy atom. The van der Waals surface area contributed by atoms with Crippen LogP contribution in [0.4, 0.5) is 13.2 Å². The van der Waals surface area contributed by atoms with Gasteiger partial charge in [-0.05, 0) is 73.8 Å². The van der Waals surface area contributed by atoms with Gasteiger partial charge in [-0.25, -0.2) is 13.2 Å². The van der Waals surface area contributed by atoms with Crippen molar-refractivity contribution in [2.24, 2.45) is 23.7 Å². The maximum atomic E-state index is 14.6. The summed E-state index contributed by atoms with van der Waals surface area (Å²) in [6.45, 7) is 6.94. The van der Waals surface area contributed by atoms with Crippen molar-refractivity contribution in [2.75, 3.05) is 19.7 Å². The van der Waals surface area contributed by atoms with Crippen LogP contribution in [0.2, 0.25) is 0 Å². The second-order valence-electron chi connectivity index (χ2n) is 12.4. The van der Waals surface area contributed by atoms with E-state index in [1.54, 1.807) is 18.4 Å². The fraction of sp³-hybridized carbons (Fsp3) is 0.700. The molecule has 4 aliphatic rings. The molecule has 222 valence electrons. The molecule has 1 amide bonds. The molecular weight excluding hydrogens is 521 g/mol. The normalized spacial score (nSPS) is 28.1. The molecule has 4 atom stereocenters. The molecule has 0 bridgehead atoms. The molecule has 3 fully saturated rings. The van der Waals surface area contributed by atoms with Gasteiger partial charge in [-0.1, -0.05) is 19.9 Å². The van der Waals surface area contributed by atoms with E-state index in [4.69, 9.17) is 9.57 Å². The van der Waals surface area contributed by atoms with Gasteiger partial charge >= 0.3 is 0 Å². The molecule has 2 aliphatic carbocycles. The summed E-state index contributed by atoms with van der Waals surface area (Å²) in [4.78, 5) is 20.1. The van der Waals surface area contributed by atoms with Gasteiger partial charge in [-0.15, -0.1) is 5.48 Å². The number of ether oxygens (including phenoxy) is 1. The van der Waals surface area contributed by atoms with Crippen LogP contribution >= 0.6 is 0 Å². The maximum absolute atomic E-state index is 14.6. The van der Waals surface area contributed by atoms with Crippen LogP contribution < -0.4 is 20.9 Å². The quantitative estimate of drug-likeness (QED) is 0.326. The highest BCUT2D eigenvalue weighted by Gasteiger charge is 2.43. The highest BCUT2D eigenvalue weighted by molar-refractivity contribution is 5.79. The lowest BCUT2D eigenvalue weighted by atomic mass is 9.90. The molecular formula is C30H43F3N4O3. The van der Waals surface area contributed by atoms with Crippen molar-refractivity contribution < 1.29 is 27.5 Å². The third kappa shape index (κ3) is 7.56. The first-order valence-corrected chi connectivity index (χ1v) is 14.9. The lowest BCUT2D eigenvalue weighted by molar-refractivity contribution is -0.121. The third-order valence-electron chi connectivity index (χ3n) is 8.93. The molecule has 1 aromatic carbocycles. The zero-order valence-electron chi connectivity index (χ0n) is 23.6. The van der Waals surface area contributed by atoms with Gasteiger partial charge in [0.1, 0.15) is 23.6 Å². The van der Waals surface area contributed by atoms with Crippen molar-refractivity contribution in [2.45, 2.75) is 89.8 Å². The Balaban J connectivity index is 0.965. The second-order valence-corrected chi connectivity index (χ2v) is 12.4. The Morgan fingerprint density at radius 1 is 1.25 bits per heavy atom. The van der Waals surface area contributed by atoms with E-state index in [1.165, 1.54) is 25.3 Å². The standard InChI is InChI=1S/C30H43F3N4O3/c1-19(2)29-35-27(18-40-36-29)37-11-8-20(9-12-37)25-14-21(25)4-3-13-39-24-6-5-22(26(31)16-24)15-28(38)34-23-7-10-30(32,33)17-23/h5-6,16,18-21,23,25,29,35-36H,3-4,7-15,17H2,1-2H3,(H,34,38). The van der Waals surface area contributed by atoms with Crippen LogP contribution in [0, 0.1) is 29.5 Å². The number of halogens is 3. The average molecular weight is 565 g/mol. The molecule has 1 aromatic rings. The number of alkyl halides is 2. The second kappa shape index (κ2) is 12.5. The number of nitrogens with one attached hydrogen (secondary N) is 3. The van der Waals surface area contributed by atoms with Crippen molar-refractivity contribution >= 4 is 5.91 Å². The number of hydroxylamine groups is 1. The first-order chi connectivity index (χ1) is 19.2. The molecule has 4 unspecified atom stereocenters. The number of carbonyl (C=O) groups is 1. The molecule has 1 saturated heterocycles. The van der Waals surface area contributed by atoms with E-state index in [9.17, 15) is 18.0 Å². The van der Waals surface area contributed by atoms with Crippen molar-refractivity contribution in [3.8, 4) is 5.75 Å². The van der Waals surface area contributed by atoms with Gasteiger partial charge in [-0.2, -0.15) is 0 Å². The Labute approximate surface area is 235 Å². The highest BCUT2D eigenvalue weighted by Crippen LogP contribution is 2.50. The minimum Gasteiger partial charge on any atom is -0.493 e. The van der Waals surface area contributed by atoms with Gasteiger partial charge < -0.3 is 25.1 Å². The topological polar surface area (TPSA) is 74.9 Å². The van der Waals surface area contributed by atoms with Crippen LogP contribution in [-0.4, -0.2) is 48.6 Å². The SMILES string of the molecule is CC(C)C1NOC=C(N2CCC(C3CC3CCCOc3ccc(CC(=O)NC4CCC(F)(F)C4)c(F)c3)CC2)N1. The maximum Gasteiger partial charge on any atom is 0.250 e. The van der Waals surface area contributed by atoms with Gasteiger partial charge in [0, 0.05) is 38.0 Å². The number of hydrogen-bond donors (Lipinski definition) is 3. The van der Waals surface area contributed by atoms with Crippen LogP contribution in [0.1, 0.15) is 70.8 Å². The number of hydrogen-bond acceptors (Lipinski definition) is 6. The lowest BCUT2D eigenvalue weighted by Gasteiger charge is -2.39. The Bertz CT molecular complexity index is 1060. The summed E-state index contributed by atoms with van der Waals surface area (Å²) in [5, 5.41) is 6.14. The molecule has 10 heteroatoms. The van der Waals surface area contributed by atoms with Crippen molar-refractivity contribution in [1.82, 2.24) is 21.0 Å². The molecule has 0 aromatic heterocycles. The first-order valence-electron chi connectivity index (χ1n) is 14.9. The van der Waals surface area contributed by atoms with E-state index in [1.807, 2.05) is 0 Å². The summed E-state index contributed by atoms with van der Waals surface area (Å²) < 4.78 is 47.0. The van der Waals surface area contributed by atoms with E-state index >= 15 is 0 Å². The number of rotatable bonds is 11. The summed E-state index contributed by atoms with van der Waals surface area (Å²) in [6.07, 6.45) is 7.14. The van der Waals surface area contributed by atoms with Gasteiger partial charge in [0.15, 0.2) is 6.26 Å². The molecule has 3 N–H and O–H groups in total. The van der Waals surface area contributed by atoms with Crippen molar-refractivity contribution in [3.63, 3.8) is 0 Å². The fourth-order valence-electron chi connectivity index (χ4n) is 6.42. The molecule has 5 rings (SSSR count). The van der Waals surface area contributed by atoms with E-state index in [0.29, 0.717) is 18.3 Å². The number of carbonyl (C=O) groups excluding carboxylic acids is 1. The van der Waals surface area contributed by atoms with Crippen LogP contribution in [0.5, 0.6) is 5.75 Å². The lowest BCUT2D eigenvalue weighted by Crippen LogP contribution is -2.52. The fourth-order valence-corrected chi connectivity index (χ4v) is 6.42. The molecule has 0 spiro atoms. The minimum absolute atomic E-state index is 0.121. The molecule has 7 nitrogen and oxygen atoms in total. The van der Waals surface area contributed by atoms with Crippen LogP contribution in [-0.2, 0) is 16.1 Å². The van der Waals surface area contributed by atoms with E-state index < -0.39 is 23.7 Å². The zero-order chi connectivity index (χ0) is 28.3. The first kappa shape index (κ1) is 28.9. The zero-order valence-corrected chi connectivity index (χ0v) is 23.6. The molecule has 0 radical (unpaired) electrons. The molecule has 2 heterocycles. The minimum atomic E-state index is -2.73. The predicted molar refractivity (Wildman–Crippen MR) is 146 cm³/mol. The van der Waals surface area contributed by atoms with Crippen LogP contribution in [0.15, 0.2) is 30.3 Å². The average Bonchev–Trinajstić information content (AvgIpc) is 3.62. The summed E-state index contributed by atoms with van der Waals surface area (Å²) in [5.74, 6) is 0.599. The molecule has 2 saturated carbocycles. The highest BCUT2D eigenvalue weighted by atomic mass is 19.3. The van der Waals surface area contributed by atoms with Gasteiger partial charge in [0.05, 0.1) is 13.0 Å². The summed E-state index contributed by atoms with van der Waals surface area (Å²) in [5.41, 5.74) is 3.25. The smallest absolute Gasteiger partial charge is 0.250 e. The number of benzene rings is 1. The van der Waals surface area contributed by atoms with Crippen molar-refractivity contribution in [3.05, 3.63) is 41.7 Å². The van der Waals surface area contributed by atoms with Gasteiger partial charge in [0.2, 0.25) is 11.8 Å².